The molecule has 128 valence electrons. The van der Waals surface area contributed by atoms with Crippen molar-refractivity contribution in [2.75, 3.05) is 6.54 Å². The molecule has 1 unspecified atom stereocenters. The van der Waals surface area contributed by atoms with Gasteiger partial charge in [-0.05, 0) is 43.7 Å². The van der Waals surface area contributed by atoms with Gasteiger partial charge in [0.2, 0.25) is 0 Å². The third kappa shape index (κ3) is 3.36. The van der Waals surface area contributed by atoms with Crippen LogP contribution in [-0.2, 0) is 12.8 Å². The molecule has 1 atom stereocenters. The molecule has 1 aromatic heterocycles. The van der Waals surface area contributed by atoms with Crippen LogP contribution in [0.15, 0.2) is 30.3 Å². The minimum absolute atomic E-state index is 0.00331. The zero-order chi connectivity index (χ0) is 17.1. The average Bonchev–Trinajstić information content (AvgIpc) is 3.16. The number of rotatable bonds is 6. The van der Waals surface area contributed by atoms with Crippen molar-refractivity contribution in [2.45, 2.75) is 45.6 Å². The van der Waals surface area contributed by atoms with E-state index in [0.717, 1.165) is 36.9 Å². The first-order valence-corrected chi connectivity index (χ1v) is 8.77. The van der Waals surface area contributed by atoms with Crippen molar-refractivity contribution in [1.29, 1.82) is 0 Å². The number of nitrogens with one attached hydrogen (secondary N) is 1. The molecule has 0 spiro atoms. The Hall–Kier alpha value is -2.14. The zero-order valence-corrected chi connectivity index (χ0v) is 14.5. The summed E-state index contributed by atoms with van der Waals surface area (Å²) in [5, 5.41) is 7.70. The van der Waals surface area contributed by atoms with E-state index in [9.17, 15) is 4.79 Å². The first-order valence-electron chi connectivity index (χ1n) is 8.77. The molecule has 1 aliphatic carbocycles. The van der Waals surface area contributed by atoms with Gasteiger partial charge in [-0.1, -0.05) is 32.0 Å². The number of hydrogen-bond donors (Lipinski definition) is 2. The van der Waals surface area contributed by atoms with Crippen LogP contribution < -0.4 is 11.1 Å². The number of carbonyl (C=O) groups excluding carboxylic acids is 1. The van der Waals surface area contributed by atoms with Gasteiger partial charge in [0.15, 0.2) is 5.69 Å². The largest absolute Gasteiger partial charge is 0.347 e. The van der Waals surface area contributed by atoms with Crippen LogP contribution in [0.25, 0.3) is 5.69 Å². The standard InChI is InChI=1S/C19H26N4O/c1-13(2)11-14(12-20)21-19(24)18-16-9-6-10-17(16)23(22-18)15-7-4-3-5-8-15/h3-5,7-8,13-14H,6,9-12,20H2,1-2H3,(H,21,24). The summed E-state index contributed by atoms with van der Waals surface area (Å²) < 4.78 is 1.93. The second-order valence-corrected chi connectivity index (χ2v) is 6.91. The number of benzene rings is 1. The lowest BCUT2D eigenvalue weighted by Crippen LogP contribution is -2.41. The molecule has 1 amide bonds. The third-order valence-electron chi connectivity index (χ3n) is 4.52. The molecule has 0 saturated carbocycles. The number of carbonyl (C=O) groups is 1. The lowest BCUT2D eigenvalue weighted by molar-refractivity contribution is 0.0927. The third-order valence-corrected chi connectivity index (χ3v) is 4.52. The fourth-order valence-electron chi connectivity index (χ4n) is 3.44. The second kappa shape index (κ2) is 7.18. The van der Waals surface area contributed by atoms with Crippen molar-refractivity contribution in [2.24, 2.45) is 11.7 Å². The summed E-state index contributed by atoms with van der Waals surface area (Å²) in [5.74, 6) is 0.394. The summed E-state index contributed by atoms with van der Waals surface area (Å²) >= 11 is 0. The Morgan fingerprint density at radius 1 is 1.29 bits per heavy atom. The smallest absolute Gasteiger partial charge is 0.272 e. The summed E-state index contributed by atoms with van der Waals surface area (Å²) in [5.41, 5.74) is 9.65. The zero-order valence-electron chi connectivity index (χ0n) is 14.5. The topological polar surface area (TPSA) is 72.9 Å². The Balaban J connectivity index is 1.88. The Morgan fingerprint density at radius 3 is 2.71 bits per heavy atom. The highest BCUT2D eigenvalue weighted by molar-refractivity contribution is 5.94. The highest BCUT2D eigenvalue weighted by atomic mass is 16.2. The normalized spacial score (nSPS) is 14.7. The molecule has 0 fully saturated rings. The molecule has 1 aromatic carbocycles. The van der Waals surface area contributed by atoms with Crippen LogP contribution in [0.2, 0.25) is 0 Å². The van der Waals surface area contributed by atoms with Crippen molar-refractivity contribution >= 4 is 5.91 Å². The summed E-state index contributed by atoms with van der Waals surface area (Å²) in [7, 11) is 0. The number of nitrogens with zero attached hydrogens (tertiary/aromatic N) is 2. The molecule has 3 rings (SSSR count). The van der Waals surface area contributed by atoms with Crippen LogP contribution in [-0.4, -0.2) is 28.3 Å². The van der Waals surface area contributed by atoms with E-state index in [2.05, 4.69) is 24.3 Å². The first-order chi connectivity index (χ1) is 11.6. The van der Waals surface area contributed by atoms with Gasteiger partial charge in [-0.3, -0.25) is 4.79 Å². The van der Waals surface area contributed by atoms with Gasteiger partial charge in [-0.15, -0.1) is 0 Å². The number of para-hydroxylation sites is 1. The van der Waals surface area contributed by atoms with Gasteiger partial charge < -0.3 is 11.1 Å². The molecule has 0 saturated heterocycles. The predicted molar refractivity (Wildman–Crippen MR) is 95.4 cm³/mol. The molecule has 24 heavy (non-hydrogen) atoms. The average molecular weight is 326 g/mol. The van der Waals surface area contributed by atoms with Crippen molar-refractivity contribution in [3.63, 3.8) is 0 Å². The maximum absolute atomic E-state index is 12.8. The van der Waals surface area contributed by atoms with Crippen LogP contribution in [0, 0.1) is 5.92 Å². The van der Waals surface area contributed by atoms with Crippen LogP contribution >= 0.6 is 0 Å². The molecular formula is C19H26N4O. The molecule has 0 bridgehead atoms. The van der Waals surface area contributed by atoms with E-state index in [1.54, 1.807) is 0 Å². The molecule has 5 nitrogen and oxygen atoms in total. The van der Waals surface area contributed by atoms with Gasteiger partial charge in [0.25, 0.3) is 5.91 Å². The monoisotopic (exact) mass is 326 g/mol. The quantitative estimate of drug-likeness (QED) is 0.856. The van der Waals surface area contributed by atoms with Crippen molar-refractivity contribution in [3.8, 4) is 5.69 Å². The molecular weight excluding hydrogens is 300 g/mol. The Kier molecular flexibility index (Phi) is 5.00. The molecule has 2 aromatic rings. The van der Waals surface area contributed by atoms with Crippen molar-refractivity contribution < 1.29 is 4.79 Å². The molecule has 0 radical (unpaired) electrons. The van der Waals surface area contributed by atoms with Gasteiger partial charge >= 0.3 is 0 Å². The number of nitrogens with two attached hydrogens (primary N) is 1. The van der Waals surface area contributed by atoms with E-state index in [4.69, 9.17) is 5.73 Å². The number of amides is 1. The second-order valence-electron chi connectivity index (χ2n) is 6.91. The molecule has 5 heteroatoms. The lowest BCUT2D eigenvalue weighted by atomic mass is 10.0. The maximum Gasteiger partial charge on any atom is 0.272 e. The summed E-state index contributed by atoms with van der Waals surface area (Å²) in [4.78, 5) is 12.8. The van der Waals surface area contributed by atoms with Crippen molar-refractivity contribution in [1.82, 2.24) is 15.1 Å². The van der Waals surface area contributed by atoms with Crippen LogP contribution in [0.5, 0.6) is 0 Å². The molecule has 3 N–H and O–H groups in total. The predicted octanol–water partition coefficient (Wildman–Crippen LogP) is 2.46. The Morgan fingerprint density at radius 2 is 2.04 bits per heavy atom. The fraction of sp³-hybridized carbons (Fsp3) is 0.474. The first kappa shape index (κ1) is 16.7. The van der Waals surface area contributed by atoms with Crippen LogP contribution in [0.1, 0.15) is 48.4 Å². The van der Waals surface area contributed by atoms with Gasteiger partial charge in [-0.2, -0.15) is 5.10 Å². The highest BCUT2D eigenvalue weighted by Gasteiger charge is 2.27. The molecule has 1 aliphatic rings. The van der Waals surface area contributed by atoms with Gasteiger partial charge in [0.05, 0.1) is 5.69 Å². The summed E-state index contributed by atoms with van der Waals surface area (Å²) in [6.45, 7) is 4.72. The van der Waals surface area contributed by atoms with Crippen LogP contribution in [0.3, 0.4) is 0 Å². The minimum atomic E-state index is -0.0982. The van der Waals surface area contributed by atoms with Gasteiger partial charge in [-0.25, -0.2) is 4.68 Å². The van der Waals surface area contributed by atoms with E-state index < -0.39 is 0 Å². The number of fused-ring (bicyclic) bond motifs is 1. The highest BCUT2D eigenvalue weighted by Crippen LogP contribution is 2.27. The van der Waals surface area contributed by atoms with Crippen molar-refractivity contribution in [3.05, 3.63) is 47.3 Å². The maximum atomic E-state index is 12.8. The van der Waals surface area contributed by atoms with E-state index in [1.165, 1.54) is 5.69 Å². The van der Waals surface area contributed by atoms with Crippen LogP contribution in [0.4, 0.5) is 0 Å². The molecule has 0 aliphatic heterocycles. The van der Waals surface area contributed by atoms with E-state index in [1.807, 2.05) is 35.0 Å². The van der Waals surface area contributed by atoms with E-state index in [-0.39, 0.29) is 11.9 Å². The minimum Gasteiger partial charge on any atom is -0.347 e. The van der Waals surface area contributed by atoms with Gasteiger partial charge in [0, 0.05) is 23.8 Å². The SMILES string of the molecule is CC(C)CC(CN)NC(=O)c1nn(-c2ccccc2)c2c1CCC2. The van der Waals surface area contributed by atoms with Gasteiger partial charge in [0.1, 0.15) is 0 Å². The fourth-order valence-corrected chi connectivity index (χ4v) is 3.44. The Bertz CT molecular complexity index is 706. The van der Waals surface area contributed by atoms with E-state index in [0.29, 0.717) is 18.2 Å². The van der Waals surface area contributed by atoms with E-state index >= 15 is 0 Å². The molecule has 1 heterocycles. The summed E-state index contributed by atoms with van der Waals surface area (Å²) in [6.07, 6.45) is 3.84. The number of hydrogen-bond acceptors (Lipinski definition) is 3. The number of aromatic nitrogens is 2. The lowest BCUT2D eigenvalue weighted by Gasteiger charge is -2.18. The summed E-state index contributed by atoms with van der Waals surface area (Å²) in [6, 6.07) is 10.0. The Labute approximate surface area is 143 Å².